The molecule has 134 valence electrons. The fourth-order valence-electron chi connectivity index (χ4n) is 3.05. The molecular formula is C20H28N4O. The van der Waals surface area contributed by atoms with E-state index in [4.69, 9.17) is 4.74 Å². The van der Waals surface area contributed by atoms with Crippen molar-refractivity contribution in [2.75, 3.05) is 23.3 Å². The Bertz CT molecular complexity index is 691. The van der Waals surface area contributed by atoms with Gasteiger partial charge in [-0.1, -0.05) is 6.92 Å². The monoisotopic (exact) mass is 340 g/mol. The molecule has 0 unspecified atom stereocenters. The van der Waals surface area contributed by atoms with E-state index in [-0.39, 0.29) is 6.10 Å². The number of aromatic nitrogens is 2. The standard InChI is InChI=1S/C20H28N4O/c1-14(2)25-18-7-5-17(6-8-18)23-19-13-20(22-16(4)21-19)24-11-9-15(3)10-12-24/h5-8,13-15H,9-12H2,1-4H3,(H,21,22,23). The fourth-order valence-corrected chi connectivity index (χ4v) is 3.05. The zero-order valence-electron chi connectivity index (χ0n) is 15.6. The molecule has 1 fully saturated rings. The minimum Gasteiger partial charge on any atom is -0.491 e. The first kappa shape index (κ1) is 17.5. The van der Waals surface area contributed by atoms with Gasteiger partial charge in [0, 0.05) is 24.8 Å². The summed E-state index contributed by atoms with van der Waals surface area (Å²) < 4.78 is 5.69. The van der Waals surface area contributed by atoms with Crippen molar-refractivity contribution in [2.24, 2.45) is 5.92 Å². The molecule has 0 atom stereocenters. The highest BCUT2D eigenvalue weighted by Crippen LogP contribution is 2.25. The van der Waals surface area contributed by atoms with Crippen LogP contribution in [0.15, 0.2) is 30.3 Å². The number of hydrogen-bond acceptors (Lipinski definition) is 5. The van der Waals surface area contributed by atoms with Gasteiger partial charge in [-0.15, -0.1) is 0 Å². The maximum Gasteiger partial charge on any atom is 0.136 e. The molecule has 1 aliphatic heterocycles. The Balaban J connectivity index is 1.72. The van der Waals surface area contributed by atoms with Gasteiger partial charge in [-0.2, -0.15) is 0 Å². The fraction of sp³-hybridized carbons (Fsp3) is 0.500. The lowest BCUT2D eigenvalue weighted by molar-refractivity contribution is 0.242. The van der Waals surface area contributed by atoms with Crippen LogP contribution < -0.4 is 15.0 Å². The molecule has 2 heterocycles. The smallest absolute Gasteiger partial charge is 0.136 e. The third-order valence-electron chi connectivity index (χ3n) is 4.43. The Morgan fingerprint density at radius 1 is 1.12 bits per heavy atom. The highest BCUT2D eigenvalue weighted by Gasteiger charge is 2.18. The van der Waals surface area contributed by atoms with Gasteiger partial charge in [-0.25, -0.2) is 9.97 Å². The van der Waals surface area contributed by atoms with Crippen molar-refractivity contribution in [2.45, 2.75) is 46.6 Å². The summed E-state index contributed by atoms with van der Waals surface area (Å²) in [5, 5.41) is 3.38. The van der Waals surface area contributed by atoms with Crippen molar-refractivity contribution in [3.63, 3.8) is 0 Å². The molecule has 3 rings (SSSR count). The van der Waals surface area contributed by atoms with Crippen LogP contribution >= 0.6 is 0 Å². The molecule has 1 saturated heterocycles. The van der Waals surface area contributed by atoms with E-state index in [0.717, 1.165) is 47.9 Å². The molecule has 1 N–H and O–H groups in total. The minimum atomic E-state index is 0.179. The number of nitrogens with zero attached hydrogens (tertiary/aromatic N) is 3. The van der Waals surface area contributed by atoms with E-state index in [0.29, 0.717) is 0 Å². The van der Waals surface area contributed by atoms with E-state index >= 15 is 0 Å². The molecule has 0 spiro atoms. The molecule has 0 aliphatic carbocycles. The number of hydrogen-bond donors (Lipinski definition) is 1. The lowest BCUT2D eigenvalue weighted by atomic mass is 9.99. The molecule has 1 aromatic heterocycles. The number of ether oxygens (including phenoxy) is 1. The summed E-state index contributed by atoms with van der Waals surface area (Å²) >= 11 is 0. The van der Waals surface area contributed by atoms with Crippen molar-refractivity contribution in [1.82, 2.24) is 9.97 Å². The lowest BCUT2D eigenvalue weighted by Gasteiger charge is -2.31. The molecule has 25 heavy (non-hydrogen) atoms. The highest BCUT2D eigenvalue weighted by atomic mass is 16.5. The summed E-state index contributed by atoms with van der Waals surface area (Å²) in [6.45, 7) is 10.5. The zero-order chi connectivity index (χ0) is 17.8. The van der Waals surface area contributed by atoms with Crippen LogP contribution in [0.5, 0.6) is 5.75 Å². The van der Waals surface area contributed by atoms with Crippen LogP contribution in [0, 0.1) is 12.8 Å². The Morgan fingerprint density at radius 2 is 1.80 bits per heavy atom. The number of rotatable bonds is 5. The maximum atomic E-state index is 5.69. The van der Waals surface area contributed by atoms with Crippen LogP contribution in [0.2, 0.25) is 0 Å². The summed E-state index contributed by atoms with van der Waals surface area (Å²) in [6, 6.07) is 10.0. The number of aryl methyl sites for hydroxylation is 1. The van der Waals surface area contributed by atoms with Crippen LogP contribution in [0.3, 0.4) is 0 Å². The second-order valence-corrected chi connectivity index (χ2v) is 7.14. The van der Waals surface area contributed by atoms with Gasteiger partial charge in [0.1, 0.15) is 23.2 Å². The molecule has 5 heteroatoms. The molecule has 0 radical (unpaired) electrons. The van der Waals surface area contributed by atoms with Crippen LogP contribution in [-0.4, -0.2) is 29.2 Å². The largest absolute Gasteiger partial charge is 0.491 e. The average Bonchev–Trinajstić information content (AvgIpc) is 2.56. The van der Waals surface area contributed by atoms with Crippen LogP contribution in [0.4, 0.5) is 17.3 Å². The molecule has 1 aliphatic rings. The van der Waals surface area contributed by atoms with Crippen LogP contribution in [0.25, 0.3) is 0 Å². The zero-order valence-corrected chi connectivity index (χ0v) is 15.6. The van der Waals surface area contributed by atoms with E-state index in [2.05, 4.69) is 27.1 Å². The molecule has 0 saturated carbocycles. The van der Waals surface area contributed by atoms with E-state index in [1.54, 1.807) is 0 Å². The maximum absolute atomic E-state index is 5.69. The topological polar surface area (TPSA) is 50.3 Å². The number of anilines is 3. The normalized spacial score (nSPS) is 15.5. The third-order valence-corrected chi connectivity index (χ3v) is 4.43. The van der Waals surface area contributed by atoms with Crippen molar-refractivity contribution in [3.8, 4) is 5.75 Å². The first-order valence-electron chi connectivity index (χ1n) is 9.14. The average molecular weight is 340 g/mol. The van der Waals surface area contributed by atoms with Gasteiger partial charge in [0.05, 0.1) is 6.10 Å². The summed E-state index contributed by atoms with van der Waals surface area (Å²) in [5.74, 6) is 4.32. The highest BCUT2D eigenvalue weighted by molar-refractivity contribution is 5.60. The summed E-state index contributed by atoms with van der Waals surface area (Å²) in [4.78, 5) is 11.5. The second kappa shape index (κ2) is 7.72. The van der Waals surface area contributed by atoms with Gasteiger partial charge in [0.2, 0.25) is 0 Å². The predicted octanol–water partition coefficient (Wildman–Crippen LogP) is 4.55. The Hall–Kier alpha value is -2.30. The number of nitrogens with one attached hydrogen (secondary N) is 1. The van der Waals surface area contributed by atoms with Crippen LogP contribution in [0.1, 0.15) is 39.4 Å². The molecule has 0 amide bonds. The number of benzene rings is 1. The lowest BCUT2D eigenvalue weighted by Crippen LogP contribution is -2.33. The van der Waals surface area contributed by atoms with Gasteiger partial charge >= 0.3 is 0 Å². The number of piperidine rings is 1. The van der Waals surface area contributed by atoms with E-state index in [1.807, 2.05) is 51.1 Å². The van der Waals surface area contributed by atoms with Gasteiger partial charge in [0.15, 0.2) is 0 Å². The third kappa shape index (κ3) is 4.84. The molecule has 2 aromatic rings. The van der Waals surface area contributed by atoms with Crippen molar-refractivity contribution in [1.29, 1.82) is 0 Å². The first-order valence-corrected chi connectivity index (χ1v) is 9.14. The van der Waals surface area contributed by atoms with E-state index in [1.165, 1.54) is 12.8 Å². The molecule has 1 aromatic carbocycles. The van der Waals surface area contributed by atoms with Crippen molar-refractivity contribution in [3.05, 3.63) is 36.2 Å². The van der Waals surface area contributed by atoms with Crippen molar-refractivity contribution >= 4 is 17.3 Å². The Morgan fingerprint density at radius 3 is 2.44 bits per heavy atom. The van der Waals surface area contributed by atoms with Crippen molar-refractivity contribution < 1.29 is 4.74 Å². The quantitative estimate of drug-likeness (QED) is 0.865. The summed E-state index contributed by atoms with van der Waals surface area (Å²) in [5.41, 5.74) is 0.993. The summed E-state index contributed by atoms with van der Waals surface area (Å²) in [6.07, 6.45) is 2.63. The first-order chi connectivity index (χ1) is 12.0. The van der Waals surface area contributed by atoms with Gasteiger partial charge in [-0.3, -0.25) is 0 Å². The Kier molecular flexibility index (Phi) is 5.41. The van der Waals surface area contributed by atoms with Crippen LogP contribution in [-0.2, 0) is 0 Å². The SMILES string of the molecule is Cc1nc(Nc2ccc(OC(C)C)cc2)cc(N2CCC(C)CC2)n1. The second-order valence-electron chi connectivity index (χ2n) is 7.14. The minimum absolute atomic E-state index is 0.179. The van der Waals surface area contributed by atoms with E-state index in [9.17, 15) is 0 Å². The summed E-state index contributed by atoms with van der Waals surface area (Å²) in [7, 11) is 0. The molecule has 0 bridgehead atoms. The van der Waals surface area contributed by atoms with Gasteiger partial charge < -0.3 is 15.0 Å². The van der Waals surface area contributed by atoms with E-state index < -0.39 is 0 Å². The van der Waals surface area contributed by atoms with Gasteiger partial charge in [0.25, 0.3) is 0 Å². The predicted molar refractivity (Wildman–Crippen MR) is 103 cm³/mol. The molecule has 5 nitrogen and oxygen atoms in total. The Labute approximate surface area is 150 Å². The molecular weight excluding hydrogens is 312 g/mol. The van der Waals surface area contributed by atoms with Gasteiger partial charge in [-0.05, 0) is 63.8 Å².